The van der Waals surface area contributed by atoms with Crippen LogP contribution in [0.5, 0.6) is 11.5 Å². The Kier molecular flexibility index (Phi) is 3.98. The van der Waals surface area contributed by atoms with Gasteiger partial charge in [-0.2, -0.15) is 5.10 Å². The average molecular weight is 387 g/mol. The molecule has 0 bridgehead atoms. The number of anilines is 2. The van der Waals surface area contributed by atoms with E-state index in [2.05, 4.69) is 25.5 Å². The Morgan fingerprint density at radius 1 is 1.00 bits per heavy atom. The average Bonchev–Trinajstić information content (AvgIpc) is 3.40. The van der Waals surface area contributed by atoms with Crippen LogP contribution >= 0.6 is 0 Å². The summed E-state index contributed by atoms with van der Waals surface area (Å²) in [5, 5.41) is 10.4. The number of nitrogens with zero attached hydrogens (tertiary/aromatic N) is 5. The van der Waals surface area contributed by atoms with Gasteiger partial charge >= 0.3 is 0 Å². The summed E-state index contributed by atoms with van der Waals surface area (Å²) in [6, 6.07) is 11.4. The second-order valence-electron chi connectivity index (χ2n) is 6.31. The summed E-state index contributed by atoms with van der Waals surface area (Å²) < 4.78 is 12.6. The number of rotatable bonds is 5. The van der Waals surface area contributed by atoms with Crippen LogP contribution in [0.3, 0.4) is 0 Å². The monoisotopic (exact) mass is 387 g/mol. The number of ether oxygens (including phenoxy) is 2. The molecule has 0 saturated carbocycles. The molecule has 0 aliphatic heterocycles. The van der Waals surface area contributed by atoms with Crippen LogP contribution in [0, 0.1) is 0 Å². The van der Waals surface area contributed by atoms with Gasteiger partial charge < -0.3 is 19.2 Å². The molecule has 1 aromatic carbocycles. The van der Waals surface area contributed by atoms with E-state index >= 15 is 0 Å². The van der Waals surface area contributed by atoms with Crippen molar-refractivity contribution in [2.75, 3.05) is 19.5 Å². The maximum atomic E-state index is 5.38. The van der Waals surface area contributed by atoms with Crippen molar-refractivity contribution in [1.82, 2.24) is 29.5 Å². The molecule has 0 spiro atoms. The zero-order chi connectivity index (χ0) is 19.8. The topological polar surface area (TPSA) is 102 Å². The van der Waals surface area contributed by atoms with Crippen molar-refractivity contribution in [3.05, 3.63) is 55.0 Å². The molecule has 0 radical (unpaired) electrons. The molecule has 144 valence electrons. The van der Waals surface area contributed by atoms with Crippen LogP contribution in [0.4, 0.5) is 11.5 Å². The van der Waals surface area contributed by atoms with E-state index in [1.54, 1.807) is 20.4 Å². The number of imidazole rings is 1. The lowest BCUT2D eigenvalue weighted by molar-refractivity contribution is 0.355. The van der Waals surface area contributed by atoms with E-state index in [0.29, 0.717) is 39.9 Å². The van der Waals surface area contributed by atoms with Gasteiger partial charge in [0.05, 0.1) is 20.4 Å². The van der Waals surface area contributed by atoms with E-state index in [-0.39, 0.29) is 0 Å². The predicted molar refractivity (Wildman–Crippen MR) is 109 cm³/mol. The van der Waals surface area contributed by atoms with Gasteiger partial charge in [-0.05, 0) is 24.3 Å². The zero-order valence-corrected chi connectivity index (χ0v) is 15.7. The molecule has 0 amide bonds. The first-order valence-corrected chi connectivity index (χ1v) is 8.89. The van der Waals surface area contributed by atoms with Gasteiger partial charge in [0, 0.05) is 24.1 Å². The number of fused-ring (bicyclic) bond motifs is 2. The van der Waals surface area contributed by atoms with Crippen LogP contribution in [0.1, 0.15) is 0 Å². The van der Waals surface area contributed by atoms with Gasteiger partial charge in [0.15, 0.2) is 23.1 Å². The van der Waals surface area contributed by atoms with E-state index < -0.39 is 0 Å². The predicted octanol–water partition coefficient (Wildman–Crippen LogP) is 3.43. The third kappa shape index (κ3) is 2.98. The highest BCUT2D eigenvalue weighted by Crippen LogP contribution is 2.32. The normalized spacial score (nSPS) is 11.1. The van der Waals surface area contributed by atoms with E-state index in [0.717, 1.165) is 11.3 Å². The number of aromatic amines is 1. The molecule has 4 heterocycles. The standard InChI is InChI=1S/C20H17N7O2/c1-28-15-7-6-12(9-16(15)29-2)22-20-18-13(10-21-26-18)24-19(25-20)14-11-27-8-4-3-5-17(27)23-14/h3-11H,1-2H3,(H,21,26)(H,22,24,25). The molecular formula is C20H17N7O2. The summed E-state index contributed by atoms with van der Waals surface area (Å²) in [5.41, 5.74) is 3.68. The maximum Gasteiger partial charge on any atom is 0.182 e. The number of pyridine rings is 1. The molecule has 5 rings (SSSR count). The molecule has 0 aliphatic carbocycles. The summed E-state index contributed by atoms with van der Waals surface area (Å²) in [6.45, 7) is 0. The molecule has 9 nitrogen and oxygen atoms in total. The van der Waals surface area contributed by atoms with E-state index in [1.165, 1.54) is 0 Å². The molecule has 0 saturated heterocycles. The van der Waals surface area contributed by atoms with Gasteiger partial charge in [0.1, 0.15) is 22.4 Å². The smallest absolute Gasteiger partial charge is 0.182 e. The lowest BCUT2D eigenvalue weighted by Gasteiger charge is -2.11. The molecule has 0 unspecified atom stereocenters. The van der Waals surface area contributed by atoms with Crippen LogP contribution in [0.2, 0.25) is 0 Å². The Morgan fingerprint density at radius 3 is 2.72 bits per heavy atom. The maximum absolute atomic E-state index is 5.38. The number of hydrogen-bond acceptors (Lipinski definition) is 7. The van der Waals surface area contributed by atoms with E-state index in [4.69, 9.17) is 14.5 Å². The van der Waals surface area contributed by atoms with Gasteiger partial charge in [-0.15, -0.1) is 0 Å². The van der Waals surface area contributed by atoms with Crippen molar-refractivity contribution in [1.29, 1.82) is 0 Å². The molecule has 5 aromatic rings. The number of hydrogen-bond donors (Lipinski definition) is 2. The third-order valence-corrected chi connectivity index (χ3v) is 4.54. The number of methoxy groups -OCH3 is 2. The van der Waals surface area contributed by atoms with Gasteiger partial charge in [0.2, 0.25) is 0 Å². The number of benzene rings is 1. The highest BCUT2D eigenvalue weighted by atomic mass is 16.5. The summed E-state index contributed by atoms with van der Waals surface area (Å²) in [6.07, 6.45) is 5.50. The Labute approximate surface area is 165 Å². The Hall–Kier alpha value is -4.14. The summed E-state index contributed by atoms with van der Waals surface area (Å²) in [4.78, 5) is 13.9. The highest BCUT2D eigenvalue weighted by Gasteiger charge is 2.15. The summed E-state index contributed by atoms with van der Waals surface area (Å²) in [5.74, 6) is 2.36. The fourth-order valence-corrected chi connectivity index (χ4v) is 3.14. The van der Waals surface area contributed by atoms with Crippen molar-refractivity contribution < 1.29 is 9.47 Å². The first kappa shape index (κ1) is 17.0. The highest BCUT2D eigenvalue weighted by molar-refractivity contribution is 5.88. The van der Waals surface area contributed by atoms with E-state index in [1.807, 2.05) is 53.2 Å². The lowest BCUT2D eigenvalue weighted by atomic mass is 10.2. The summed E-state index contributed by atoms with van der Waals surface area (Å²) in [7, 11) is 3.20. The van der Waals surface area contributed by atoms with Crippen LogP contribution in [0.25, 0.3) is 28.2 Å². The molecule has 29 heavy (non-hydrogen) atoms. The third-order valence-electron chi connectivity index (χ3n) is 4.54. The lowest BCUT2D eigenvalue weighted by Crippen LogP contribution is -2.00. The van der Waals surface area contributed by atoms with E-state index in [9.17, 15) is 0 Å². The Balaban J connectivity index is 1.59. The largest absolute Gasteiger partial charge is 0.493 e. The first-order valence-electron chi connectivity index (χ1n) is 8.89. The second kappa shape index (κ2) is 6.79. The number of nitrogens with one attached hydrogen (secondary N) is 2. The molecule has 0 aliphatic rings. The van der Waals surface area contributed by atoms with Crippen molar-refractivity contribution in [2.24, 2.45) is 0 Å². The van der Waals surface area contributed by atoms with Crippen molar-refractivity contribution in [2.45, 2.75) is 0 Å². The first-order chi connectivity index (χ1) is 14.2. The Bertz CT molecular complexity index is 1290. The minimum atomic E-state index is 0.505. The molecule has 0 fully saturated rings. The molecule has 2 N–H and O–H groups in total. The van der Waals surface area contributed by atoms with Crippen LogP contribution in [-0.4, -0.2) is 43.8 Å². The van der Waals surface area contributed by atoms with Gasteiger partial charge in [-0.25, -0.2) is 15.0 Å². The van der Waals surface area contributed by atoms with Crippen LogP contribution in [-0.2, 0) is 0 Å². The van der Waals surface area contributed by atoms with Crippen molar-refractivity contribution in [3.63, 3.8) is 0 Å². The zero-order valence-electron chi connectivity index (χ0n) is 15.7. The Morgan fingerprint density at radius 2 is 1.90 bits per heavy atom. The quantitative estimate of drug-likeness (QED) is 0.476. The van der Waals surface area contributed by atoms with Gasteiger partial charge in [-0.3, -0.25) is 5.10 Å². The van der Waals surface area contributed by atoms with Crippen LogP contribution in [0.15, 0.2) is 55.0 Å². The fraction of sp³-hybridized carbons (Fsp3) is 0.100. The van der Waals surface area contributed by atoms with Crippen LogP contribution < -0.4 is 14.8 Å². The second-order valence-corrected chi connectivity index (χ2v) is 6.31. The minimum Gasteiger partial charge on any atom is -0.493 e. The molecule has 0 atom stereocenters. The minimum absolute atomic E-state index is 0.505. The van der Waals surface area contributed by atoms with Crippen molar-refractivity contribution >= 4 is 28.2 Å². The fourth-order valence-electron chi connectivity index (χ4n) is 3.14. The molecular weight excluding hydrogens is 370 g/mol. The van der Waals surface area contributed by atoms with Gasteiger partial charge in [-0.1, -0.05) is 6.07 Å². The SMILES string of the molecule is COc1ccc(Nc2nc(-c3cn4ccccc4n3)nc3cn[nH]c23)cc1OC. The number of aromatic nitrogens is 6. The molecule has 4 aromatic heterocycles. The van der Waals surface area contributed by atoms with Gasteiger partial charge in [0.25, 0.3) is 0 Å². The van der Waals surface area contributed by atoms with Crippen molar-refractivity contribution in [3.8, 4) is 23.0 Å². The summed E-state index contributed by atoms with van der Waals surface area (Å²) >= 11 is 0. The number of H-pyrrole nitrogens is 1. The molecule has 9 heteroatoms.